The topological polar surface area (TPSA) is 21.6 Å². The summed E-state index contributed by atoms with van der Waals surface area (Å²) in [4.78, 5) is 4.52. The van der Waals surface area contributed by atoms with Crippen molar-refractivity contribution in [3.8, 4) is 5.75 Å². The van der Waals surface area contributed by atoms with Crippen molar-refractivity contribution in [3.05, 3.63) is 59.7 Å². The van der Waals surface area contributed by atoms with E-state index in [1.54, 1.807) is 0 Å². The molecule has 2 nitrogen and oxygen atoms in total. The molecule has 0 aromatic heterocycles. The number of ether oxygens (including phenoxy) is 1. The molecule has 0 heterocycles. The van der Waals surface area contributed by atoms with Crippen LogP contribution >= 0.6 is 0 Å². The molecule has 0 unspecified atom stereocenters. The van der Waals surface area contributed by atoms with E-state index in [9.17, 15) is 0 Å². The van der Waals surface area contributed by atoms with Crippen LogP contribution in [0, 0.1) is 0 Å². The van der Waals surface area contributed by atoms with Crippen LogP contribution in [0.2, 0.25) is 0 Å². The second-order valence-corrected chi connectivity index (χ2v) is 6.11. The van der Waals surface area contributed by atoms with E-state index in [1.165, 1.54) is 31.2 Å². The molecule has 0 amide bonds. The Morgan fingerprint density at radius 3 is 2.21 bits per heavy atom. The van der Waals surface area contributed by atoms with Crippen molar-refractivity contribution in [2.24, 2.45) is 4.99 Å². The monoisotopic (exact) mass is 323 g/mol. The van der Waals surface area contributed by atoms with Gasteiger partial charge in [-0.3, -0.25) is 4.99 Å². The van der Waals surface area contributed by atoms with E-state index in [4.69, 9.17) is 4.74 Å². The lowest BCUT2D eigenvalue weighted by atomic mass is 10.1. The van der Waals surface area contributed by atoms with E-state index >= 15 is 0 Å². The molecule has 0 atom stereocenters. The third-order valence-corrected chi connectivity index (χ3v) is 4.10. The van der Waals surface area contributed by atoms with Gasteiger partial charge in [0.05, 0.1) is 12.3 Å². The van der Waals surface area contributed by atoms with Gasteiger partial charge in [0.25, 0.3) is 0 Å². The fourth-order valence-corrected chi connectivity index (χ4v) is 2.51. The van der Waals surface area contributed by atoms with Gasteiger partial charge in [-0.05, 0) is 60.4 Å². The molecule has 0 fully saturated rings. The Kier molecular flexibility index (Phi) is 8.09. The SMILES string of the molecule is CCCCCCCOc1ccc(C=Nc2ccc(CC)cc2)cc1. The molecule has 0 spiro atoms. The maximum Gasteiger partial charge on any atom is 0.119 e. The number of rotatable bonds is 10. The van der Waals surface area contributed by atoms with Crippen molar-refractivity contribution in [2.75, 3.05) is 6.61 Å². The Hall–Kier alpha value is -2.09. The molecule has 24 heavy (non-hydrogen) atoms. The minimum Gasteiger partial charge on any atom is -0.494 e. The molecule has 0 saturated carbocycles. The Morgan fingerprint density at radius 1 is 0.833 bits per heavy atom. The van der Waals surface area contributed by atoms with Gasteiger partial charge in [-0.25, -0.2) is 0 Å². The fraction of sp³-hybridized carbons (Fsp3) is 0.409. The summed E-state index contributed by atoms with van der Waals surface area (Å²) in [7, 11) is 0. The number of aliphatic imine (C=N–C) groups is 1. The molecule has 128 valence electrons. The molecule has 2 aromatic rings. The zero-order valence-electron chi connectivity index (χ0n) is 15.0. The smallest absolute Gasteiger partial charge is 0.119 e. The number of hydrogen-bond donors (Lipinski definition) is 0. The fourth-order valence-electron chi connectivity index (χ4n) is 2.51. The average Bonchev–Trinajstić information content (AvgIpc) is 2.64. The molecule has 2 aromatic carbocycles. The van der Waals surface area contributed by atoms with Crippen molar-refractivity contribution in [2.45, 2.75) is 52.4 Å². The Labute approximate surface area is 146 Å². The third kappa shape index (κ3) is 6.57. The van der Waals surface area contributed by atoms with E-state index < -0.39 is 0 Å². The average molecular weight is 323 g/mol. The first-order chi connectivity index (χ1) is 11.8. The maximum atomic E-state index is 5.79. The Morgan fingerprint density at radius 2 is 1.54 bits per heavy atom. The van der Waals surface area contributed by atoms with Crippen LogP contribution < -0.4 is 4.74 Å². The largest absolute Gasteiger partial charge is 0.494 e. The van der Waals surface area contributed by atoms with E-state index in [2.05, 4.69) is 55.2 Å². The molecular weight excluding hydrogens is 294 g/mol. The summed E-state index contributed by atoms with van der Waals surface area (Å²) in [6, 6.07) is 16.5. The molecule has 0 radical (unpaired) electrons. The van der Waals surface area contributed by atoms with Crippen LogP contribution in [0.5, 0.6) is 5.75 Å². The molecule has 2 heteroatoms. The zero-order valence-corrected chi connectivity index (χ0v) is 15.0. The Bertz CT molecular complexity index is 599. The van der Waals surface area contributed by atoms with Gasteiger partial charge in [-0.1, -0.05) is 51.7 Å². The van der Waals surface area contributed by atoms with Crippen LogP contribution in [0.3, 0.4) is 0 Å². The van der Waals surface area contributed by atoms with Gasteiger partial charge in [0, 0.05) is 6.21 Å². The highest BCUT2D eigenvalue weighted by molar-refractivity contribution is 5.82. The number of nitrogens with zero attached hydrogens (tertiary/aromatic N) is 1. The van der Waals surface area contributed by atoms with Crippen LogP contribution in [0.1, 0.15) is 57.1 Å². The molecule has 0 saturated heterocycles. The predicted octanol–water partition coefficient (Wildman–Crippen LogP) is 6.35. The van der Waals surface area contributed by atoms with Crippen LogP contribution in [-0.2, 0) is 6.42 Å². The number of aryl methyl sites for hydroxylation is 1. The summed E-state index contributed by atoms with van der Waals surface area (Å²) in [5.41, 5.74) is 3.41. The predicted molar refractivity (Wildman–Crippen MR) is 104 cm³/mol. The first-order valence-corrected chi connectivity index (χ1v) is 9.17. The second-order valence-electron chi connectivity index (χ2n) is 6.11. The summed E-state index contributed by atoms with van der Waals surface area (Å²) in [6.07, 6.45) is 9.28. The first-order valence-electron chi connectivity index (χ1n) is 9.17. The van der Waals surface area contributed by atoms with Crippen LogP contribution in [0.25, 0.3) is 0 Å². The summed E-state index contributed by atoms with van der Waals surface area (Å²) < 4.78 is 5.79. The van der Waals surface area contributed by atoms with Gasteiger partial charge in [0.2, 0.25) is 0 Å². The first kappa shape index (κ1) is 18.3. The van der Waals surface area contributed by atoms with Crippen LogP contribution in [0.15, 0.2) is 53.5 Å². The zero-order chi connectivity index (χ0) is 17.0. The van der Waals surface area contributed by atoms with Crippen LogP contribution in [0.4, 0.5) is 5.69 Å². The van der Waals surface area contributed by atoms with Gasteiger partial charge in [-0.2, -0.15) is 0 Å². The molecule has 2 rings (SSSR count). The van der Waals surface area contributed by atoms with Gasteiger partial charge in [0.1, 0.15) is 5.75 Å². The van der Waals surface area contributed by atoms with Crippen molar-refractivity contribution in [3.63, 3.8) is 0 Å². The van der Waals surface area contributed by atoms with E-state index in [1.807, 2.05) is 18.3 Å². The van der Waals surface area contributed by atoms with Gasteiger partial charge < -0.3 is 4.74 Å². The minimum absolute atomic E-state index is 0.806. The van der Waals surface area contributed by atoms with Crippen molar-refractivity contribution >= 4 is 11.9 Å². The molecule has 0 aliphatic carbocycles. The molecule has 0 aliphatic heterocycles. The number of hydrogen-bond acceptors (Lipinski definition) is 2. The lowest BCUT2D eigenvalue weighted by Crippen LogP contribution is -1.97. The van der Waals surface area contributed by atoms with Gasteiger partial charge in [0.15, 0.2) is 0 Å². The van der Waals surface area contributed by atoms with E-state index in [-0.39, 0.29) is 0 Å². The molecule has 0 N–H and O–H groups in total. The molecule has 0 aliphatic rings. The lowest BCUT2D eigenvalue weighted by Gasteiger charge is -2.06. The normalized spacial score (nSPS) is 11.1. The highest BCUT2D eigenvalue weighted by atomic mass is 16.5. The van der Waals surface area contributed by atoms with Crippen molar-refractivity contribution < 1.29 is 4.74 Å². The molecule has 0 bridgehead atoms. The van der Waals surface area contributed by atoms with Crippen molar-refractivity contribution in [1.29, 1.82) is 0 Å². The van der Waals surface area contributed by atoms with E-state index in [0.717, 1.165) is 36.4 Å². The molecular formula is C22H29NO. The van der Waals surface area contributed by atoms with Crippen LogP contribution in [-0.4, -0.2) is 12.8 Å². The highest BCUT2D eigenvalue weighted by Gasteiger charge is 1.95. The highest BCUT2D eigenvalue weighted by Crippen LogP contribution is 2.15. The summed E-state index contributed by atoms with van der Waals surface area (Å²) in [6.45, 7) is 5.20. The Balaban J connectivity index is 1.77. The van der Waals surface area contributed by atoms with E-state index in [0.29, 0.717) is 0 Å². The summed E-state index contributed by atoms with van der Waals surface area (Å²) in [5.74, 6) is 0.940. The maximum absolute atomic E-state index is 5.79. The van der Waals surface area contributed by atoms with Gasteiger partial charge >= 0.3 is 0 Å². The summed E-state index contributed by atoms with van der Waals surface area (Å²) >= 11 is 0. The standard InChI is InChI=1S/C22H29NO/c1-3-5-6-7-8-17-24-22-15-11-20(12-16-22)18-23-21-13-9-19(4-2)10-14-21/h9-16,18H,3-8,17H2,1-2H3. The third-order valence-electron chi connectivity index (χ3n) is 4.10. The second kappa shape index (κ2) is 10.6. The van der Waals surface area contributed by atoms with Crippen molar-refractivity contribution in [1.82, 2.24) is 0 Å². The lowest BCUT2D eigenvalue weighted by molar-refractivity contribution is 0.304. The summed E-state index contributed by atoms with van der Waals surface area (Å²) in [5, 5.41) is 0. The minimum atomic E-state index is 0.806. The number of benzene rings is 2. The quantitative estimate of drug-likeness (QED) is 0.369. The number of unbranched alkanes of at least 4 members (excludes halogenated alkanes) is 4. The van der Waals surface area contributed by atoms with Gasteiger partial charge in [-0.15, -0.1) is 0 Å².